The molecule has 0 atom stereocenters. The number of rotatable bonds is 3. The number of hydrogen-bond acceptors (Lipinski definition) is 5. The molecule has 1 amide bonds. The molecule has 0 saturated carbocycles. The van der Waals surface area contributed by atoms with Gasteiger partial charge in [-0.2, -0.15) is 23.5 Å². The number of piperazine rings is 1. The number of aromatic nitrogens is 2. The van der Waals surface area contributed by atoms with Crippen molar-refractivity contribution in [2.24, 2.45) is 0 Å². The zero-order valence-electron chi connectivity index (χ0n) is 16.0. The first kappa shape index (κ1) is 20.1. The number of benzene rings is 1. The summed E-state index contributed by atoms with van der Waals surface area (Å²) in [6.07, 6.45) is -1.49. The Morgan fingerprint density at radius 3 is 2.73 bits per heavy atom. The van der Waals surface area contributed by atoms with E-state index < -0.39 is 11.7 Å². The second kappa shape index (κ2) is 7.93. The van der Waals surface area contributed by atoms with Crippen LogP contribution in [0.2, 0.25) is 0 Å². The summed E-state index contributed by atoms with van der Waals surface area (Å²) in [5.74, 6) is 0.0991. The number of nitrogens with one attached hydrogen (secondary N) is 1. The first-order chi connectivity index (χ1) is 14.4. The summed E-state index contributed by atoms with van der Waals surface area (Å²) >= 11 is 0. The van der Waals surface area contributed by atoms with Gasteiger partial charge in [0.2, 0.25) is 5.91 Å². The molecule has 1 saturated heterocycles. The third-order valence-corrected chi connectivity index (χ3v) is 5.17. The number of halogens is 3. The van der Waals surface area contributed by atoms with Crippen LogP contribution >= 0.6 is 0 Å². The highest BCUT2D eigenvalue weighted by atomic mass is 19.4. The van der Waals surface area contributed by atoms with Gasteiger partial charge in [0, 0.05) is 38.3 Å². The molecule has 0 bridgehead atoms. The van der Waals surface area contributed by atoms with Crippen LogP contribution < -0.4 is 10.2 Å². The first-order valence-corrected chi connectivity index (χ1v) is 9.48. The van der Waals surface area contributed by atoms with E-state index in [9.17, 15) is 23.2 Å². The number of anilines is 1. The SMILES string of the molecule is N#Cc1cnn2c1N(C(=O)CN1CCNCC1)CC=C2c1cccc(C(F)(F)F)c1. The van der Waals surface area contributed by atoms with Crippen LogP contribution in [0, 0.1) is 11.3 Å². The molecule has 0 spiro atoms. The summed E-state index contributed by atoms with van der Waals surface area (Å²) in [5, 5.41) is 16.9. The number of nitrogens with zero attached hydrogens (tertiary/aromatic N) is 5. The minimum atomic E-state index is -4.47. The summed E-state index contributed by atoms with van der Waals surface area (Å²) in [6.45, 7) is 3.44. The van der Waals surface area contributed by atoms with Gasteiger partial charge in [0.15, 0.2) is 5.82 Å². The normalized spacial score (nSPS) is 17.3. The molecule has 0 radical (unpaired) electrons. The molecule has 2 aliphatic heterocycles. The molecular weight excluding hydrogens is 397 g/mol. The Morgan fingerprint density at radius 2 is 2.03 bits per heavy atom. The predicted molar refractivity (Wildman–Crippen MR) is 103 cm³/mol. The first-order valence-electron chi connectivity index (χ1n) is 9.48. The van der Waals surface area contributed by atoms with E-state index in [1.54, 1.807) is 12.1 Å². The molecule has 1 N–H and O–H groups in total. The molecule has 1 aromatic carbocycles. The van der Waals surface area contributed by atoms with E-state index in [1.807, 2.05) is 11.0 Å². The molecule has 30 heavy (non-hydrogen) atoms. The van der Waals surface area contributed by atoms with Gasteiger partial charge in [-0.05, 0) is 18.2 Å². The maximum Gasteiger partial charge on any atom is 0.416 e. The highest BCUT2D eigenvalue weighted by Crippen LogP contribution is 2.34. The average Bonchev–Trinajstić information content (AvgIpc) is 3.17. The lowest BCUT2D eigenvalue weighted by atomic mass is 10.1. The van der Waals surface area contributed by atoms with Crippen LogP contribution in [0.5, 0.6) is 0 Å². The van der Waals surface area contributed by atoms with Crippen LogP contribution in [0.25, 0.3) is 5.70 Å². The summed E-state index contributed by atoms with van der Waals surface area (Å²) in [5.41, 5.74) is 0.144. The van der Waals surface area contributed by atoms with Crippen LogP contribution in [0.3, 0.4) is 0 Å². The molecule has 3 heterocycles. The summed E-state index contributed by atoms with van der Waals surface area (Å²) in [7, 11) is 0. The molecule has 4 rings (SSSR count). The molecule has 156 valence electrons. The average molecular weight is 416 g/mol. The number of nitriles is 1. The monoisotopic (exact) mass is 416 g/mol. The van der Waals surface area contributed by atoms with Gasteiger partial charge in [-0.25, -0.2) is 4.68 Å². The van der Waals surface area contributed by atoms with E-state index in [1.165, 1.54) is 21.8 Å². The molecule has 0 unspecified atom stereocenters. The lowest BCUT2D eigenvalue weighted by Gasteiger charge is -2.32. The van der Waals surface area contributed by atoms with E-state index in [4.69, 9.17) is 0 Å². The topological polar surface area (TPSA) is 77.2 Å². The van der Waals surface area contributed by atoms with Crippen molar-refractivity contribution >= 4 is 17.4 Å². The van der Waals surface area contributed by atoms with Crippen LogP contribution in [0.4, 0.5) is 19.0 Å². The van der Waals surface area contributed by atoms with E-state index in [0.717, 1.165) is 38.3 Å². The van der Waals surface area contributed by atoms with Crippen molar-refractivity contribution in [2.45, 2.75) is 6.18 Å². The Bertz CT molecular complexity index is 1030. The zero-order chi connectivity index (χ0) is 21.3. The van der Waals surface area contributed by atoms with Gasteiger partial charge in [0.05, 0.1) is 24.0 Å². The standard InChI is InChI=1S/C20H19F3N6O/c21-20(22,23)16-3-1-2-14(10-16)17-4-7-28(19-15(11-24)12-26-29(17)19)18(30)13-27-8-5-25-6-9-27/h1-4,10,12,25H,5-9,13H2. The minimum absolute atomic E-state index is 0.150. The smallest absolute Gasteiger partial charge is 0.314 e. The fourth-order valence-corrected chi connectivity index (χ4v) is 3.67. The van der Waals surface area contributed by atoms with E-state index in [-0.39, 0.29) is 30.4 Å². The van der Waals surface area contributed by atoms with Crippen molar-refractivity contribution in [1.82, 2.24) is 20.0 Å². The minimum Gasteiger partial charge on any atom is -0.314 e. The maximum absolute atomic E-state index is 13.1. The number of hydrogen-bond donors (Lipinski definition) is 1. The van der Waals surface area contributed by atoms with Gasteiger partial charge in [0.25, 0.3) is 0 Å². The number of amides is 1. The molecule has 0 aliphatic carbocycles. The third-order valence-electron chi connectivity index (χ3n) is 5.17. The molecule has 1 aromatic heterocycles. The predicted octanol–water partition coefficient (Wildman–Crippen LogP) is 1.91. The molecule has 10 heteroatoms. The Labute approximate surface area is 171 Å². The number of carbonyl (C=O) groups is 1. The van der Waals surface area contributed by atoms with Crippen molar-refractivity contribution in [3.63, 3.8) is 0 Å². The molecular formula is C20H19F3N6O. The second-order valence-corrected chi connectivity index (χ2v) is 7.10. The van der Waals surface area contributed by atoms with Crippen molar-refractivity contribution in [1.29, 1.82) is 5.26 Å². The van der Waals surface area contributed by atoms with E-state index in [2.05, 4.69) is 10.4 Å². The van der Waals surface area contributed by atoms with Crippen molar-refractivity contribution in [3.8, 4) is 6.07 Å². The Kier molecular flexibility index (Phi) is 5.32. The Morgan fingerprint density at radius 1 is 1.27 bits per heavy atom. The summed E-state index contributed by atoms with van der Waals surface area (Å²) in [6, 6.07) is 6.95. The Hall–Kier alpha value is -3.16. The van der Waals surface area contributed by atoms with Gasteiger partial charge in [-0.1, -0.05) is 12.1 Å². The number of carbonyl (C=O) groups excluding carboxylic acids is 1. The van der Waals surface area contributed by atoms with E-state index >= 15 is 0 Å². The lowest BCUT2D eigenvalue weighted by Crippen LogP contribution is -2.49. The molecule has 7 nitrogen and oxygen atoms in total. The summed E-state index contributed by atoms with van der Waals surface area (Å²) in [4.78, 5) is 16.4. The van der Waals surface area contributed by atoms with Gasteiger partial charge in [-0.3, -0.25) is 14.6 Å². The van der Waals surface area contributed by atoms with Crippen molar-refractivity contribution < 1.29 is 18.0 Å². The zero-order valence-corrected chi connectivity index (χ0v) is 16.0. The largest absolute Gasteiger partial charge is 0.416 e. The van der Waals surface area contributed by atoms with Crippen LogP contribution in [-0.4, -0.2) is 59.9 Å². The lowest BCUT2D eigenvalue weighted by molar-refractivity contribution is -0.137. The van der Waals surface area contributed by atoms with Crippen LogP contribution in [0.15, 0.2) is 36.5 Å². The molecule has 2 aliphatic rings. The Balaban J connectivity index is 1.67. The molecule has 1 fully saturated rings. The number of alkyl halides is 3. The van der Waals surface area contributed by atoms with Crippen LogP contribution in [-0.2, 0) is 11.0 Å². The maximum atomic E-state index is 13.1. The van der Waals surface area contributed by atoms with Gasteiger partial charge >= 0.3 is 6.18 Å². The van der Waals surface area contributed by atoms with Gasteiger partial charge < -0.3 is 5.32 Å². The van der Waals surface area contributed by atoms with Gasteiger partial charge in [0.1, 0.15) is 11.6 Å². The highest BCUT2D eigenvalue weighted by Gasteiger charge is 2.33. The van der Waals surface area contributed by atoms with E-state index in [0.29, 0.717) is 11.3 Å². The number of fused-ring (bicyclic) bond motifs is 1. The third kappa shape index (κ3) is 3.81. The fraction of sp³-hybridized carbons (Fsp3) is 0.350. The van der Waals surface area contributed by atoms with Crippen LogP contribution in [0.1, 0.15) is 16.7 Å². The second-order valence-electron chi connectivity index (χ2n) is 7.10. The quantitative estimate of drug-likeness (QED) is 0.827. The molecule has 2 aromatic rings. The van der Waals surface area contributed by atoms with Crippen molar-refractivity contribution in [2.75, 3.05) is 44.2 Å². The van der Waals surface area contributed by atoms with Crippen molar-refractivity contribution in [3.05, 3.63) is 53.2 Å². The fourth-order valence-electron chi connectivity index (χ4n) is 3.67. The van der Waals surface area contributed by atoms with Gasteiger partial charge in [-0.15, -0.1) is 0 Å². The summed E-state index contributed by atoms with van der Waals surface area (Å²) < 4.78 is 40.8. The highest BCUT2D eigenvalue weighted by molar-refractivity contribution is 5.97.